The topological polar surface area (TPSA) is 31.4 Å². The molecular weight excluding hydrogens is 633 g/mol. The zero-order valence-corrected chi connectivity index (χ0v) is 31.7. The van der Waals surface area contributed by atoms with Gasteiger partial charge in [-0.15, -0.1) is 0 Å². The highest BCUT2D eigenvalue weighted by atomic mass is 16.7. The lowest BCUT2D eigenvalue weighted by Crippen LogP contribution is -2.41. The van der Waals surface area contributed by atoms with Gasteiger partial charge in [-0.25, -0.2) is 4.98 Å². The minimum absolute atomic E-state index is 0.391. The van der Waals surface area contributed by atoms with Gasteiger partial charge in [-0.1, -0.05) is 167 Å². The van der Waals surface area contributed by atoms with Gasteiger partial charge < -0.3 is 9.31 Å². The van der Waals surface area contributed by atoms with Crippen molar-refractivity contribution in [1.82, 2.24) is 4.98 Å². The highest BCUT2D eigenvalue weighted by molar-refractivity contribution is 6.62. The van der Waals surface area contributed by atoms with E-state index in [0.29, 0.717) is 0 Å². The Morgan fingerprint density at radius 1 is 0.500 bits per heavy atom. The summed E-state index contributed by atoms with van der Waals surface area (Å²) in [4.78, 5) is 5.32. The Balaban J connectivity index is 0.00000102. The molecule has 9 rings (SSSR count). The molecule has 0 radical (unpaired) electrons. The van der Waals surface area contributed by atoms with Crippen LogP contribution in [0.4, 0.5) is 0 Å². The fraction of sp³-hybridized carbons (Fsp3) is 0.229. The molecule has 4 heteroatoms. The first kappa shape index (κ1) is 35.4. The van der Waals surface area contributed by atoms with Gasteiger partial charge in [-0.05, 0) is 72.6 Å². The van der Waals surface area contributed by atoms with Gasteiger partial charge in [0.25, 0.3) is 0 Å². The molecule has 2 aliphatic rings. The number of hydrogen-bond acceptors (Lipinski definition) is 3. The molecule has 3 nitrogen and oxygen atoms in total. The number of pyridine rings is 1. The van der Waals surface area contributed by atoms with Crippen LogP contribution >= 0.6 is 0 Å². The molecule has 52 heavy (non-hydrogen) atoms. The summed E-state index contributed by atoms with van der Waals surface area (Å²) in [6, 6.07) is 52.7. The Morgan fingerprint density at radius 2 is 1.04 bits per heavy atom. The van der Waals surface area contributed by atoms with Crippen molar-refractivity contribution in [2.75, 3.05) is 0 Å². The van der Waals surface area contributed by atoms with Crippen LogP contribution in [-0.4, -0.2) is 23.3 Å². The highest BCUT2D eigenvalue weighted by Crippen LogP contribution is 2.58. The van der Waals surface area contributed by atoms with Crippen molar-refractivity contribution in [2.45, 2.75) is 72.0 Å². The molecule has 0 atom stereocenters. The van der Waals surface area contributed by atoms with E-state index in [2.05, 4.69) is 173 Å². The summed E-state index contributed by atoms with van der Waals surface area (Å²) >= 11 is 0. The first-order chi connectivity index (χ1) is 25.3. The molecular formula is C48H48BNO2. The number of nitrogens with zero attached hydrogens (tertiary/aromatic N) is 1. The van der Waals surface area contributed by atoms with Crippen LogP contribution in [0.15, 0.2) is 146 Å². The summed E-state index contributed by atoms with van der Waals surface area (Å²) in [5.74, 6) is 0. The molecule has 6 aromatic carbocycles. The Kier molecular flexibility index (Phi) is 9.42. The monoisotopic (exact) mass is 681 g/mol. The average Bonchev–Trinajstić information content (AvgIpc) is 3.62. The Morgan fingerprint density at radius 3 is 1.65 bits per heavy atom. The van der Waals surface area contributed by atoms with Gasteiger partial charge in [0.2, 0.25) is 0 Å². The lowest BCUT2D eigenvalue weighted by atomic mass is 9.67. The van der Waals surface area contributed by atoms with E-state index in [1.807, 2.05) is 27.7 Å². The van der Waals surface area contributed by atoms with E-state index in [1.165, 1.54) is 38.8 Å². The van der Waals surface area contributed by atoms with Gasteiger partial charge in [-0.3, -0.25) is 0 Å². The molecule has 1 fully saturated rings. The van der Waals surface area contributed by atoms with Gasteiger partial charge in [-0.2, -0.15) is 0 Å². The van der Waals surface area contributed by atoms with Crippen LogP contribution in [0.1, 0.15) is 77.6 Å². The summed E-state index contributed by atoms with van der Waals surface area (Å²) in [6.45, 7) is 16.4. The zero-order chi connectivity index (χ0) is 36.7. The second-order valence-electron chi connectivity index (χ2n) is 14.1. The second kappa shape index (κ2) is 13.8. The third kappa shape index (κ3) is 5.39. The zero-order valence-electron chi connectivity index (χ0n) is 31.7. The van der Waals surface area contributed by atoms with E-state index in [1.54, 1.807) is 0 Å². The van der Waals surface area contributed by atoms with Crippen LogP contribution < -0.4 is 5.46 Å². The van der Waals surface area contributed by atoms with Crippen LogP contribution in [0.2, 0.25) is 0 Å². The van der Waals surface area contributed by atoms with Gasteiger partial charge in [0.05, 0.1) is 27.8 Å². The normalized spacial score (nSPS) is 16.0. The molecule has 2 heterocycles. The molecule has 0 N–H and O–H groups in total. The Hall–Kier alpha value is -5.03. The standard InChI is InChI=1S/C44H36BNO2.2C2H6/c1-42(2)43(3,4)48-45(47-42)32-25-23-29(24-26-32)41-35-27-28-37-40(39(35)34-20-12-14-22-38(34)46-41)33-19-11-13-21-36(33)44(37,30-15-7-5-8-16-30)31-17-9-6-10-18-31;2*1-2/h5-28H,1-4H3;2*1-2H3. The van der Waals surface area contributed by atoms with Crippen molar-refractivity contribution >= 4 is 34.3 Å². The van der Waals surface area contributed by atoms with E-state index in [-0.39, 0.29) is 0 Å². The number of aromatic nitrogens is 1. The van der Waals surface area contributed by atoms with Gasteiger partial charge in [0.1, 0.15) is 0 Å². The van der Waals surface area contributed by atoms with Crippen molar-refractivity contribution < 1.29 is 9.31 Å². The smallest absolute Gasteiger partial charge is 0.399 e. The van der Waals surface area contributed by atoms with E-state index >= 15 is 0 Å². The van der Waals surface area contributed by atoms with Crippen LogP contribution in [-0.2, 0) is 14.7 Å². The summed E-state index contributed by atoms with van der Waals surface area (Å²) in [6.07, 6.45) is 0. The van der Waals surface area contributed by atoms with Crippen molar-refractivity contribution in [3.63, 3.8) is 0 Å². The third-order valence-corrected chi connectivity index (χ3v) is 11.0. The van der Waals surface area contributed by atoms with Crippen LogP contribution in [0.3, 0.4) is 0 Å². The van der Waals surface area contributed by atoms with E-state index in [9.17, 15) is 0 Å². The number of hydrogen-bond donors (Lipinski definition) is 0. The van der Waals surface area contributed by atoms with Crippen LogP contribution in [0, 0.1) is 0 Å². The predicted molar refractivity (Wildman–Crippen MR) is 220 cm³/mol. The molecule has 0 amide bonds. The van der Waals surface area contributed by atoms with Crippen molar-refractivity contribution in [3.05, 3.63) is 168 Å². The molecule has 1 aliphatic heterocycles. The second-order valence-corrected chi connectivity index (χ2v) is 14.1. The molecule has 260 valence electrons. The van der Waals surface area contributed by atoms with Crippen molar-refractivity contribution in [3.8, 4) is 22.4 Å². The number of rotatable bonds is 4. The minimum atomic E-state index is -0.461. The maximum absolute atomic E-state index is 6.36. The maximum atomic E-state index is 6.36. The van der Waals surface area contributed by atoms with Gasteiger partial charge in [0.15, 0.2) is 0 Å². The largest absolute Gasteiger partial charge is 0.494 e. The summed E-state index contributed by atoms with van der Waals surface area (Å²) in [7, 11) is -0.408. The van der Waals surface area contributed by atoms with E-state index in [0.717, 1.165) is 33.0 Å². The summed E-state index contributed by atoms with van der Waals surface area (Å²) in [5.41, 5.74) is 10.5. The molecule has 1 saturated heterocycles. The lowest BCUT2D eigenvalue weighted by molar-refractivity contribution is 0.00578. The molecule has 1 aliphatic carbocycles. The minimum Gasteiger partial charge on any atom is -0.399 e. The summed E-state index contributed by atoms with van der Waals surface area (Å²) < 4.78 is 12.7. The SMILES string of the molecule is CC.CC.CC1(C)OB(c2ccc(-c3nc4ccccc4c4c5c(ccc34)C(c3ccccc3)(c3ccccc3)c3ccccc3-5)cc2)OC1(C)C. The van der Waals surface area contributed by atoms with E-state index < -0.39 is 23.7 Å². The third-order valence-electron chi connectivity index (χ3n) is 11.0. The van der Waals surface area contributed by atoms with Gasteiger partial charge in [0, 0.05) is 21.7 Å². The van der Waals surface area contributed by atoms with Gasteiger partial charge >= 0.3 is 7.12 Å². The Bertz CT molecular complexity index is 2290. The van der Waals surface area contributed by atoms with E-state index in [4.69, 9.17) is 14.3 Å². The van der Waals surface area contributed by atoms with Crippen molar-refractivity contribution in [2.24, 2.45) is 0 Å². The molecule has 0 saturated carbocycles. The quantitative estimate of drug-likeness (QED) is 0.137. The fourth-order valence-electron chi connectivity index (χ4n) is 7.97. The molecule has 0 bridgehead atoms. The van der Waals surface area contributed by atoms with Crippen LogP contribution in [0.25, 0.3) is 44.1 Å². The fourth-order valence-corrected chi connectivity index (χ4v) is 7.97. The Labute approximate surface area is 309 Å². The molecule has 0 spiro atoms. The first-order valence-electron chi connectivity index (χ1n) is 18.8. The highest BCUT2D eigenvalue weighted by Gasteiger charge is 2.52. The molecule has 7 aromatic rings. The summed E-state index contributed by atoms with van der Waals surface area (Å²) in [5, 5.41) is 3.54. The molecule has 1 aromatic heterocycles. The number of para-hydroxylation sites is 1. The predicted octanol–water partition coefficient (Wildman–Crippen LogP) is 11.8. The van der Waals surface area contributed by atoms with Crippen LogP contribution in [0.5, 0.6) is 0 Å². The lowest BCUT2D eigenvalue weighted by Gasteiger charge is -2.34. The molecule has 0 unspecified atom stereocenters. The average molecular weight is 682 g/mol. The maximum Gasteiger partial charge on any atom is 0.494 e. The van der Waals surface area contributed by atoms with Crippen molar-refractivity contribution in [1.29, 1.82) is 0 Å². The number of fused-ring (bicyclic) bond motifs is 7. The first-order valence-corrected chi connectivity index (χ1v) is 18.8. The number of benzene rings is 6.